The van der Waals surface area contributed by atoms with Gasteiger partial charge in [0.2, 0.25) is 0 Å². The van der Waals surface area contributed by atoms with Crippen molar-refractivity contribution in [1.82, 2.24) is 0 Å². The molecule has 0 aromatic heterocycles. The molecule has 0 amide bonds. The van der Waals surface area contributed by atoms with E-state index >= 15 is 0 Å². The van der Waals surface area contributed by atoms with E-state index in [4.69, 9.17) is 11.6 Å². The molecule has 0 bridgehead atoms. The second-order valence-corrected chi connectivity index (χ2v) is 4.86. The van der Waals surface area contributed by atoms with Crippen LogP contribution >= 0.6 is 27.5 Å². The Labute approximate surface area is 90.9 Å². The molecule has 1 aromatic rings. The van der Waals surface area contributed by atoms with E-state index in [1.165, 1.54) is 0 Å². The van der Waals surface area contributed by atoms with Gasteiger partial charge in [0.15, 0.2) is 0 Å². The van der Waals surface area contributed by atoms with Gasteiger partial charge >= 0.3 is 0 Å². The Morgan fingerprint density at radius 3 is 2.77 bits per heavy atom. The van der Waals surface area contributed by atoms with Crippen LogP contribution in [0.25, 0.3) is 0 Å². The van der Waals surface area contributed by atoms with E-state index in [-0.39, 0.29) is 0 Å². The third-order valence-electron chi connectivity index (χ3n) is 2.69. The van der Waals surface area contributed by atoms with Gasteiger partial charge in [0.05, 0.1) is 10.6 Å². The van der Waals surface area contributed by atoms with E-state index in [1.807, 2.05) is 25.1 Å². The smallest absolute Gasteiger partial charge is 0.0941 e. The van der Waals surface area contributed by atoms with Crippen molar-refractivity contribution in [2.75, 3.05) is 0 Å². The summed E-state index contributed by atoms with van der Waals surface area (Å²) >= 11 is 9.42. The second kappa shape index (κ2) is 2.97. The van der Waals surface area contributed by atoms with Crippen molar-refractivity contribution in [3.05, 3.63) is 33.3 Å². The Morgan fingerprint density at radius 1 is 1.62 bits per heavy atom. The van der Waals surface area contributed by atoms with Crippen LogP contribution in [-0.2, 0) is 5.60 Å². The molecular weight excluding hydrogens is 251 g/mol. The molecule has 0 heterocycles. The first-order valence-electron chi connectivity index (χ1n) is 4.22. The fourth-order valence-electron chi connectivity index (χ4n) is 1.62. The molecule has 1 aromatic carbocycles. The minimum Gasteiger partial charge on any atom is -0.385 e. The highest BCUT2D eigenvalue weighted by Gasteiger charge is 2.52. The fraction of sp³-hybridized carbons (Fsp3) is 0.400. The van der Waals surface area contributed by atoms with Crippen molar-refractivity contribution >= 4 is 27.5 Å². The highest BCUT2D eigenvalue weighted by atomic mass is 79.9. The molecule has 2 atom stereocenters. The Bertz CT molecular complexity index is 353. The van der Waals surface area contributed by atoms with Crippen molar-refractivity contribution in [2.24, 2.45) is 5.92 Å². The van der Waals surface area contributed by atoms with Gasteiger partial charge in [-0.15, -0.1) is 0 Å². The van der Waals surface area contributed by atoms with Crippen LogP contribution in [0.5, 0.6) is 0 Å². The van der Waals surface area contributed by atoms with Gasteiger partial charge in [-0.3, -0.25) is 0 Å². The number of hydrogen-bond donors (Lipinski definition) is 1. The lowest BCUT2D eigenvalue weighted by Crippen LogP contribution is -2.08. The van der Waals surface area contributed by atoms with Crippen LogP contribution in [0.2, 0.25) is 5.02 Å². The first-order valence-corrected chi connectivity index (χ1v) is 5.39. The first kappa shape index (κ1) is 9.50. The van der Waals surface area contributed by atoms with Crippen LogP contribution in [0, 0.1) is 5.92 Å². The molecule has 3 heteroatoms. The Kier molecular flexibility index (Phi) is 2.17. The van der Waals surface area contributed by atoms with Gasteiger partial charge in [-0.2, -0.15) is 0 Å². The van der Waals surface area contributed by atoms with E-state index in [0.717, 1.165) is 16.5 Å². The lowest BCUT2D eigenvalue weighted by molar-refractivity contribution is 0.135. The summed E-state index contributed by atoms with van der Waals surface area (Å²) in [5.74, 6) is 0.319. The average Bonchev–Trinajstić information content (AvgIpc) is 2.67. The molecule has 1 nitrogen and oxygen atoms in total. The number of benzene rings is 1. The molecule has 1 aliphatic carbocycles. The summed E-state index contributed by atoms with van der Waals surface area (Å²) in [6.45, 7) is 2.03. The molecule has 1 saturated carbocycles. The first-order chi connectivity index (χ1) is 6.05. The molecule has 1 aliphatic rings. The van der Waals surface area contributed by atoms with Crippen LogP contribution in [-0.4, -0.2) is 5.11 Å². The topological polar surface area (TPSA) is 20.2 Å². The monoisotopic (exact) mass is 260 g/mol. The zero-order valence-corrected chi connectivity index (χ0v) is 9.56. The normalized spacial score (nSPS) is 31.8. The number of halogens is 2. The Morgan fingerprint density at radius 2 is 2.23 bits per heavy atom. The van der Waals surface area contributed by atoms with Gasteiger partial charge in [0.1, 0.15) is 0 Å². The largest absolute Gasteiger partial charge is 0.385 e. The molecule has 0 radical (unpaired) electrons. The van der Waals surface area contributed by atoms with Gasteiger partial charge in [-0.1, -0.05) is 30.7 Å². The molecule has 70 valence electrons. The summed E-state index contributed by atoms with van der Waals surface area (Å²) in [6, 6.07) is 5.66. The molecular formula is C10H10BrClO. The van der Waals surface area contributed by atoms with Crippen LogP contribution in [0.1, 0.15) is 18.9 Å². The van der Waals surface area contributed by atoms with Crippen molar-refractivity contribution < 1.29 is 5.11 Å². The molecule has 2 rings (SSSR count). The zero-order chi connectivity index (χ0) is 9.64. The molecule has 1 N–H and O–H groups in total. The predicted octanol–water partition coefficient (Wildman–Crippen LogP) is 3.33. The van der Waals surface area contributed by atoms with Gasteiger partial charge < -0.3 is 5.11 Å². The van der Waals surface area contributed by atoms with E-state index < -0.39 is 5.60 Å². The fourth-order valence-corrected chi connectivity index (χ4v) is 2.28. The standard InChI is InChI=1S/C10H10BrClO/c1-6-5-10(6,13)7-3-2-4-8(11)9(7)12/h2-4,6,13H,5H2,1H3. The van der Waals surface area contributed by atoms with Gasteiger partial charge in [0.25, 0.3) is 0 Å². The minimum absolute atomic E-state index is 0.319. The lowest BCUT2D eigenvalue weighted by Gasteiger charge is -2.12. The van der Waals surface area contributed by atoms with Crippen molar-refractivity contribution in [3.8, 4) is 0 Å². The third kappa shape index (κ3) is 1.41. The Balaban J connectivity index is 2.47. The molecule has 13 heavy (non-hydrogen) atoms. The number of rotatable bonds is 1. The van der Waals surface area contributed by atoms with Crippen molar-refractivity contribution in [1.29, 1.82) is 0 Å². The maximum absolute atomic E-state index is 10.1. The summed E-state index contributed by atoms with van der Waals surface area (Å²) in [5.41, 5.74) is 0.164. The Hall–Kier alpha value is -0.0500. The van der Waals surface area contributed by atoms with Crippen LogP contribution in [0.15, 0.2) is 22.7 Å². The van der Waals surface area contributed by atoms with Gasteiger partial charge in [0, 0.05) is 10.0 Å². The van der Waals surface area contributed by atoms with E-state index in [1.54, 1.807) is 0 Å². The van der Waals surface area contributed by atoms with Crippen LogP contribution < -0.4 is 0 Å². The maximum Gasteiger partial charge on any atom is 0.0941 e. The summed E-state index contributed by atoms with van der Waals surface area (Å²) < 4.78 is 0.846. The highest BCUT2D eigenvalue weighted by Crippen LogP contribution is 2.54. The highest BCUT2D eigenvalue weighted by molar-refractivity contribution is 9.10. The minimum atomic E-state index is -0.680. The molecule has 0 aliphatic heterocycles. The molecule has 1 fully saturated rings. The molecule has 0 saturated heterocycles. The quantitative estimate of drug-likeness (QED) is 0.822. The van der Waals surface area contributed by atoms with E-state index in [2.05, 4.69) is 15.9 Å². The van der Waals surface area contributed by atoms with Crippen molar-refractivity contribution in [3.63, 3.8) is 0 Å². The average molecular weight is 262 g/mol. The van der Waals surface area contributed by atoms with Gasteiger partial charge in [-0.25, -0.2) is 0 Å². The van der Waals surface area contributed by atoms with Crippen LogP contribution in [0.4, 0.5) is 0 Å². The second-order valence-electron chi connectivity index (χ2n) is 3.63. The van der Waals surface area contributed by atoms with Crippen molar-refractivity contribution in [2.45, 2.75) is 18.9 Å². The summed E-state index contributed by atoms with van der Waals surface area (Å²) in [4.78, 5) is 0. The number of aliphatic hydroxyl groups is 1. The summed E-state index contributed by atoms with van der Waals surface area (Å²) in [6.07, 6.45) is 0.809. The predicted molar refractivity (Wildman–Crippen MR) is 56.8 cm³/mol. The summed E-state index contributed by atoms with van der Waals surface area (Å²) in [7, 11) is 0. The SMILES string of the molecule is CC1CC1(O)c1cccc(Br)c1Cl. The molecule has 0 spiro atoms. The van der Waals surface area contributed by atoms with E-state index in [0.29, 0.717) is 10.9 Å². The third-order valence-corrected chi connectivity index (χ3v) is 3.99. The van der Waals surface area contributed by atoms with E-state index in [9.17, 15) is 5.11 Å². The number of hydrogen-bond acceptors (Lipinski definition) is 1. The van der Waals surface area contributed by atoms with Crippen LogP contribution in [0.3, 0.4) is 0 Å². The zero-order valence-electron chi connectivity index (χ0n) is 7.22. The lowest BCUT2D eigenvalue weighted by atomic mass is 10.1. The molecule has 2 unspecified atom stereocenters. The van der Waals surface area contributed by atoms with Gasteiger partial charge in [-0.05, 0) is 34.3 Å². The summed E-state index contributed by atoms with van der Waals surface area (Å²) in [5, 5.41) is 10.7. The maximum atomic E-state index is 10.1.